The second kappa shape index (κ2) is 14.0. The third-order valence-corrected chi connectivity index (χ3v) is 6.32. The summed E-state index contributed by atoms with van der Waals surface area (Å²) in [6, 6.07) is 7.87. The van der Waals surface area contributed by atoms with Crippen LogP contribution in [0.3, 0.4) is 0 Å². The van der Waals surface area contributed by atoms with Crippen LogP contribution in [0.25, 0.3) is 11.0 Å². The summed E-state index contributed by atoms with van der Waals surface area (Å²) in [5, 5.41) is 3.12. The van der Waals surface area contributed by atoms with Crippen molar-refractivity contribution in [2.45, 2.75) is 72.8 Å². The zero-order chi connectivity index (χ0) is 23.3. The molecule has 1 heterocycles. The quantitative estimate of drug-likeness (QED) is 0.247. The number of aromatic amines is 1. The molecule has 0 aliphatic rings. The number of carbonyl (C=O) groups is 1. The van der Waals surface area contributed by atoms with Gasteiger partial charge in [0.05, 0.1) is 17.1 Å². The van der Waals surface area contributed by atoms with E-state index in [-0.39, 0.29) is 11.9 Å². The van der Waals surface area contributed by atoms with E-state index < -0.39 is 0 Å². The number of thioether (sulfide) groups is 1. The predicted octanol–water partition coefficient (Wildman–Crippen LogP) is 7.28. The van der Waals surface area contributed by atoms with E-state index in [1.54, 1.807) is 0 Å². The second-order valence-corrected chi connectivity index (χ2v) is 9.68. The predicted molar refractivity (Wildman–Crippen MR) is 140 cm³/mol. The normalized spacial score (nSPS) is 13.3. The van der Waals surface area contributed by atoms with E-state index in [0.717, 1.165) is 54.0 Å². The van der Waals surface area contributed by atoms with Gasteiger partial charge in [-0.1, -0.05) is 54.0 Å². The summed E-state index contributed by atoms with van der Waals surface area (Å²) in [5.41, 5.74) is 6.23. The zero-order valence-electron chi connectivity index (χ0n) is 20.3. The monoisotopic (exact) mass is 453 g/mol. The molecule has 0 radical (unpaired) electrons. The molecule has 0 spiro atoms. The Morgan fingerprint density at radius 1 is 1.06 bits per heavy atom. The lowest BCUT2D eigenvalue weighted by Crippen LogP contribution is -2.30. The molecule has 0 saturated heterocycles. The first-order valence-corrected chi connectivity index (χ1v) is 12.8. The van der Waals surface area contributed by atoms with Crippen LogP contribution in [-0.4, -0.2) is 27.4 Å². The van der Waals surface area contributed by atoms with Crippen molar-refractivity contribution < 1.29 is 4.79 Å². The summed E-state index contributed by atoms with van der Waals surface area (Å²) in [6.45, 7) is 10.6. The van der Waals surface area contributed by atoms with Crippen molar-refractivity contribution in [3.63, 3.8) is 0 Å². The lowest BCUT2D eigenvalue weighted by atomic mass is 10.1. The number of rotatable bonds is 13. The Kier molecular flexibility index (Phi) is 11.4. The Hall–Kier alpha value is -2.27. The summed E-state index contributed by atoms with van der Waals surface area (Å²) < 4.78 is 0. The minimum absolute atomic E-state index is 0.0505. The highest BCUT2D eigenvalue weighted by molar-refractivity contribution is 7.99. The molecule has 0 fully saturated rings. The van der Waals surface area contributed by atoms with Crippen LogP contribution in [0.2, 0.25) is 0 Å². The van der Waals surface area contributed by atoms with Crippen LogP contribution in [0, 0.1) is 0 Å². The highest BCUT2D eigenvalue weighted by atomic mass is 32.2. The molecule has 2 aromatic rings. The van der Waals surface area contributed by atoms with Crippen LogP contribution in [-0.2, 0) is 4.79 Å². The lowest BCUT2D eigenvalue weighted by Gasteiger charge is -2.15. The number of para-hydroxylation sites is 2. The molecule has 0 aliphatic heterocycles. The van der Waals surface area contributed by atoms with E-state index in [0.29, 0.717) is 6.42 Å². The van der Waals surface area contributed by atoms with Gasteiger partial charge in [0.1, 0.15) is 5.82 Å². The van der Waals surface area contributed by atoms with Crippen LogP contribution in [0.1, 0.15) is 78.6 Å². The Balaban J connectivity index is 1.83. The number of nitrogens with zero attached hydrogens (tertiary/aromatic N) is 1. The molecule has 2 N–H and O–H groups in total. The molecule has 174 valence electrons. The van der Waals surface area contributed by atoms with E-state index in [1.165, 1.54) is 16.7 Å². The van der Waals surface area contributed by atoms with Crippen molar-refractivity contribution >= 4 is 28.7 Å². The summed E-state index contributed by atoms with van der Waals surface area (Å²) in [5.74, 6) is 2.61. The third kappa shape index (κ3) is 9.47. The molecule has 4 nitrogen and oxygen atoms in total. The topological polar surface area (TPSA) is 57.8 Å². The molecule has 0 aliphatic carbocycles. The van der Waals surface area contributed by atoms with Gasteiger partial charge >= 0.3 is 0 Å². The number of nitrogens with one attached hydrogen (secondary N) is 2. The largest absolute Gasteiger partial charge is 0.345 e. The van der Waals surface area contributed by atoms with Crippen LogP contribution in [0.4, 0.5) is 0 Å². The number of hydrogen-bond donors (Lipinski definition) is 2. The molecular formula is C27H39N3OS. The Morgan fingerprint density at radius 3 is 2.44 bits per heavy atom. The number of benzene rings is 1. The maximum Gasteiger partial charge on any atom is 0.220 e. The van der Waals surface area contributed by atoms with Crippen molar-refractivity contribution in [2.24, 2.45) is 0 Å². The highest BCUT2D eigenvalue weighted by Crippen LogP contribution is 2.21. The average Bonchev–Trinajstić information content (AvgIpc) is 3.19. The van der Waals surface area contributed by atoms with Gasteiger partial charge in [-0.3, -0.25) is 4.79 Å². The second-order valence-electron chi connectivity index (χ2n) is 8.61. The standard InChI is InChI=1S/C27H39N3OS/c1-6-26(31)28-25(27-29-23-15-7-8-16-24(23)30-27)19-32-18-17-22(5)14-10-13-21(4)12-9-11-20(2)3/h7-8,11,13,15-17,25H,6,9-10,12,14,18-19H2,1-5H3,(H,28,31)(H,29,30). The van der Waals surface area contributed by atoms with Gasteiger partial charge in [-0.05, 0) is 65.5 Å². The van der Waals surface area contributed by atoms with Crippen LogP contribution >= 0.6 is 11.8 Å². The van der Waals surface area contributed by atoms with Crippen molar-refractivity contribution in [3.05, 3.63) is 65.0 Å². The number of amides is 1. The number of H-pyrrole nitrogens is 1. The fourth-order valence-electron chi connectivity index (χ4n) is 3.35. The molecule has 1 unspecified atom stereocenters. The number of hydrogen-bond acceptors (Lipinski definition) is 3. The van der Waals surface area contributed by atoms with E-state index >= 15 is 0 Å². The van der Waals surface area contributed by atoms with Crippen molar-refractivity contribution in [3.8, 4) is 0 Å². The summed E-state index contributed by atoms with van der Waals surface area (Å²) >= 11 is 1.83. The number of aromatic nitrogens is 2. The molecule has 0 bridgehead atoms. The molecule has 1 aromatic heterocycles. The fourth-order valence-corrected chi connectivity index (χ4v) is 4.36. The molecule has 32 heavy (non-hydrogen) atoms. The number of imidazole rings is 1. The zero-order valence-corrected chi connectivity index (χ0v) is 21.1. The van der Waals surface area contributed by atoms with E-state index in [2.05, 4.69) is 56.2 Å². The molecule has 1 atom stereocenters. The molecule has 5 heteroatoms. The van der Waals surface area contributed by atoms with Gasteiger partial charge in [-0.15, -0.1) is 0 Å². The van der Waals surface area contributed by atoms with E-state index in [4.69, 9.17) is 4.98 Å². The molecule has 2 rings (SSSR count). The van der Waals surface area contributed by atoms with Gasteiger partial charge in [0, 0.05) is 17.9 Å². The first kappa shape index (κ1) is 26.0. The van der Waals surface area contributed by atoms with Crippen molar-refractivity contribution in [1.82, 2.24) is 15.3 Å². The number of carbonyl (C=O) groups excluding carboxylic acids is 1. The number of fused-ring (bicyclic) bond motifs is 1. The first-order valence-electron chi connectivity index (χ1n) is 11.7. The van der Waals surface area contributed by atoms with Crippen molar-refractivity contribution in [1.29, 1.82) is 0 Å². The van der Waals surface area contributed by atoms with Gasteiger partial charge in [-0.2, -0.15) is 11.8 Å². The first-order chi connectivity index (χ1) is 15.4. The maximum absolute atomic E-state index is 12.0. The average molecular weight is 454 g/mol. The smallest absolute Gasteiger partial charge is 0.220 e. The molecule has 1 aromatic carbocycles. The van der Waals surface area contributed by atoms with Gasteiger partial charge in [0.25, 0.3) is 0 Å². The maximum atomic E-state index is 12.0. The van der Waals surface area contributed by atoms with Crippen molar-refractivity contribution in [2.75, 3.05) is 11.5 Å². The Morgan fingerprint density at radius 2 is 1.75 bits per heavy atom. The third-order valence-electron chi connectivity index (χ3n) is 5.35. The number of allylic oxidation sites excluding steroid dienone is 5. The van der Waals surface area contributed by atoms with Crippen LogP contribution in [0.5, 0.6) is 0 Å². The van der Waals surface area contributed by atoms with E-state index in [9.17, 15) is 4.79 Å². The van der Waals surface area contributed by atoms with E-state index in [1.807, 2.05) is 43.0 Å². The summed E-state index contributed by atoms with van der Waals surface area (Å²) in [4.78, 5) is 20.1. The molecular weight excluding hydrogens is 414 g/mol. The van der Waals surface area contributed by atoms with Crippen LogP contribution < -0.4 is 5.32 Å². The minimum atomic E-state index is -0.111. The van der Waals surface area contributed by atoms with Gasteiger partial charge in [0.15, 0.2) is 0 Å². The minimum Gasteiger partial charge on any atom is -0.345 e. The molecule has 1 amide bonds. The summed E-state index contributed by atoms with van der Waals surface area (Å²) in [7, 11) is 0. The molecule has 0 saturated carbocycles. The van der Waals surface area contributed by atoms with Gasteiger partial charge < -0.3 is 10.3 Å². The Labute approximate surface area is 198 Å². The van der Waals surface area contributed by atoms with Gasteiger partial charge in [0.2, 0.25) is 5.91 Å². The summed E-state index contributed by atoms with van der Waals surface area (Å²) in [6.07, 6.45) is 12.0. The van der Waals surface area contributed by atoms with Gasteiger partial charge in [-0.25, -0.2) is 4.98 Å². The SMILES string of the molecule is CCC(=O)NC(CSCC=C(C)CCC=C(C)CCC=C(C)C)c1nc2ccccc2[nH]1. The Bertz CT molecular complexity index is 918. The lowest BCUT2D eigenvalue weighted by molar-refractivity contribution is -0.121. The van der Waals surface area contributed by atoms with Crippen LogP contribution in [0.15, 0.2) is 59.2 Å². The highest BCUT2D eigenvalue weighted by Gasteiger charge is 2.17. The fraction of sp³-hybridized carbons (Fsp3) is 0.481.